The largest absolute Gasteiger partial charge is 0.338 e. The number of benzene rings is 1. The predicted molar refractivity (Wildman–Crippen MR) is 75.2 cm³/mol. The quantitative estimate of drug-likeness (QED) is 0.768. The second-order valence-electron chi connectivity index (χ2n) is 4.96. The van der Waals surface area contributed by atoms with E-state index in [9.17, 15) is 4.79 Å². The monoisotopic (exact) mass is 265 g/mol. The SMILES string of the molecule is CCc1ccc(C(=O)N2CCCC(CCl)C2)cc1. The molecule has 1 aliphatic heterocycles. The number of alkyl halides is 1. The van der Waals surface area contributed by atoms with Crippen molar-refractivity contribution in [3.63, 3.8) is 0 Å². The van der Waals surface area contributed by atoms with Crippen LogP contribution in [0.2, 0.25) is 0 Å². The van der Waals surface area contributed by atoms with Crippen LogP contribution in [0.4, 0.5) is 0 Å². The van der Waals surface area contributed by atoms with Crippen LogP contribution < -0.4 is 0 Å². The van der Waals surface area contributed by atoms with Gasteiger partial charge in [0.2, 0.25) is 0 Å². The molecule has 0 bridgehead atoms. The Labute approximate surface area is 114 Å². The first kappa shape index (κ1) is 13.4. The molecule has 0 spiro atoms. The fraction of sp³-hybridized carbons (Fsp3) is 0.533. The smallest absolute Gasteiger partial charge is 0.253 e. The molecule has 1 heterocycles. The maximum atomic E-state index is 12.3. The van der Waals surface area contributed by atoms with Gasteiger partial charge in [-0.2, -0.15) is 0 Å². The van der Waals surface area contributed by atoms with Gasteiger partial charge >= 0.3 is 0 Å². The third kappa shape index (κ3) is 3.05. The number of aryl methyl sites for hydroxylation is 1. The highest BCUT2D eigenvalue weighted by Crippen LogP contribution is 2.19. The standard InChI is InChI=1S/C15H20ClNO/c1-2-12-5-7-14(8-6-12)15(18)17-9-3-4-13(10-16)11-17/h5-8,13H,2-4,9-11H2,1H3. The van der Waals surface area contributed by atoms with Crippen molar-refractivity contribution in [1.29, 1.82) is 0 Å². The number of amides is 1. The van der Waals surface area contributed by atoms with Crippen LogP contribution >= 0.6 is 11.6 Å². The van der Waals surface area contributed by atoms with Gasteiger partial charge in [-0.25, -0.2) is 0 Å². The van der Waals surface area contributed by atoms with Crippen molar-refractivity contribution in [2.75, 3.05) is 19.0 Å². The average molecular weight is 266 g/mol. The second kappa shape index (κ2) is 6.24. The van der Waals surface area contributed by atoms with Crippen LogP contribution in [-0.2, 0) is 6.42 Å². The summed E-state index contributed by atoms with van der Waals surface area (Å²) >= 11 is 5.90. The predicted octanol–water partition coefficient (Wildman–Crippen LogP) is 3.34. The number of hydrogen-bond acceptors (Lipinski definition) is 1. The topological polar surface area (TPSA) is 20.3 Å². The second-order valence-corrected chi connectivity index (χ2v) is 5.27. The number of nitrogens with zero attached hydrogens (tertiary/aromatic N) is 1. The molecule has 0 radical (unpaired) electrons. The van der Waals surface area contributed by atoms with Crippen LogP contribution in [0.1, 0.15) is 35.7 Å². The Balaban J connectivity index is 2.05. The number of carbonyl (C=O) groups excluding carboxylic acids is 1. The number of hydrogen-bond donors (Lipinski definition) is 0. The molecule has 0 aliphatic carbocycles. The molecule has 1 aromatic carbocycles. The number of rotatable bonds is 3. The van der Waals surface area contributed by atoms with Crippen molar-refractivity contribution in [1.82, 2.24) is 4.90 Å². The molecule has 2 nitrogen and oxygen atoms in total. The van der Waals surface area contributed by atoms with Crippen molar-refractivity contribution in [3.05, 3.63) is 35.4 Å². The van der Waals surface area contributed by atoms with Gasteiger partial charge in [-0.05, 0) is 42.9 Å². The molecule has 0 saturated carbocycles. The Hall–Kier alpha value is -1.02. The van der Waals surface area contributed by atoms with Gasteiger partial charge in [0.1, 0.15) is 0 Å². The maximum Gasteiger partial charge on any atom is 0.253 e. The minimum absolute atomic E-state index is 0.146. The molecular weight excluding hydrogens is 246 g/mol. The third-order valence-electron chi connectivity index (χ3n) is 3.63. The van der Waals surface area contributed by atoms with Crippen LogP contribution in [0.3, 0.4) is 0 Å². The van der Waals surface area contributed by atoms with Crippen LogP contribution in [-0.4, -0.2) is 29.8 Å². The lowest BCUT2D eigenvalue weighted by Crippen LogP contribution is -2.40. The lowest BCUT2D eigenvalue weighted by Gasteiger charge is -2.31. The fourth-order valence-electron chi connectivity index (χ4n) is 2.44. The lowest BCUT2D eigenvalue weighted by molar-refractivity contribution is 0.0685. The molecule has 2 rings (SSSR count). The molecule has 98 valence electrons. The van der Waals surface area contributed by atoms with Crippen molar-refractivity contribution < 1.29 is 4.79 Å². The molecule has 1 fully saturated rings. The Morgan fingerprint density at radius 2 is 2.11 bits per heavy atom. The zero-order valence-corrected chi connectivity index (χ0v) is 11.6. The van der Waals surface area contributed by atoms with E-state index in [1.807, 2.05) is 29.2 Å². The normalized spacial score (nSPS) is 19.9. The Kier molecular flexibility index (Phi) is 4.65. The van der Waals surface area contributed by atoms with Gasteiger partial charge in [0.25, 0.3) is 5.91 Å². The first-order valence-corrected chi connectivity index (χ1v) is 7.22. The molecule has 3 heteroatoms. The molecular formula is C15H20ClNO. The van der Waals surface area contributed by atoms with E-state index in [1.54, 1.807) is 0 Å². The zero-order chi connectivity index (χ0) is 13.0. The van der Waals surface area contributed by atoms with E-state index in [2.05, 4.69) is 6.92 Å². The molecule has 18 heavy (non-hydrogen) atoms. The Bertz CT molecular complexity index is 401. The van der Waals surface area contributed by atoms with Gasteiger partial charge in [-0.1, -0.05) is 19.1 Å². The maximum absolute atomic E-state index is 12.3. The van der Waals surface area contributed by atoms with Crippen LogP contribution in [0.15, 0.2) is 24.3 Å². The molecule has 1 amide bonds. The van der Waals surface area contributed by atoms with E-state index in [4.69, 9.17) is 11.6 Å². The number of carbonyl (C=O) groups is 1. The van der Waals surface area contributed by atoms with Crippen molar-refractivity contribution >= 4 is 17.5 Å². The summed E-state index contributed by atoms with van der Waals surface area (Å²) < 4.78 is 0. The molecule has 0 aromatic heterocycles. The highest BCUT2D eigenvalue weighted by molar-refractivity contribution is 6.18. The van der Waals surface area contributed by atoms with E-state index in [-0.39, 0.29) is 5.91 Å². The summed E-state index contributed by atoms with van der Waals surface area (Å²) in [5, 5.41) is 0. The van der Waals surface area contributed by atoms with Crippen molar-refractivity contribution in [3.8, 4) is 0 Å². The average Bonchev–Trinajstić information content (AvgIpc) is 2.46. The summed E-state index contributed by atoms with van der Waals surface area (Å²) in [6.07, 6.45) is 3.21. The fourth-order valence-corrected chi connectivity index (χ4v) is 2.69. The number of likely N-dealkylation sites (tertiary alicyclic amines) is 1. The summed E-state index contributed by atoms with van der Waals surface area (Å²) in [4.78, 5) is 14.3. The molecule has 0 N–H and O–H groups in total. The van der Waals surface area contributed by atoms with Gasteiger partial charge in [0.05, 0.1) is 0 Å². The van der Waals surface area contributed by atoms with Gasteiger partial charge < -0.3 is 4.90 Å². The summed E-state index contributed by atoms with van der Waals surface area (Å²) in [6.45, 7) is 3.78. The molecule has 1 aliphatic rings. The van der Waals surface area contributed by atoms with Crippen LogP contribution in [0.5, 0.6) is 0 Å². The van der Waals surface area contributed by atoms with Gasteiger partial charge in [-0.3, -0.25) is 4.79 Å². The summed E-state index contributed by atoms with van der Waals surface area (Å²) in [6, 6.07) is 7.95. The summed E-state index contributed by atoms with van der Waals surface area (Å²) in [7, 11) is 0. The van der Waals surface area contributed by atoms with E-state index in [0.29, 0.717) is 11.8 Å². The lowest BCUT2D eigenvalue weighted by atomic mass is 9.99. The van der Waals surface area contributed by atoms with Crippen molar-refractivity contribution in [2.24, 2.45) is 5.92 Å². The molecule has 1 saturated heterocycles. The highest BCUT2D eigenvalue weighted by Gasteiger charge is 2.23. The summed E-state index contributed by atoms with van der Waals surface area (Å²) in [5.41, 5.74) is 2.06. The minimum Gasteiger partial charge on any atom is -0.338 e. The molecule has 1 unspecified atom stereocenters. The van der Waals surface area contributed by atoms with Gasteiger partial charge in [0, 0.05) is 24.5 Å². The van der Waals surface area contributed by atoms with Gasteiger partial charge in [0.15, 0.2) is 0 Å². The van der Waals surface area contributed by atoms with E-state index < -0.39 is 0 Å². The summed E-state index contributed by atoms with van der Waals surface area (Å²) in [5.74, 6) is 1.25. The third-order valence-corrected chi connectivity index (χ3v) is 4.07. The van der Waals surface area contributed by atoms with Crippen LogP contribution in [0, 0.1) is 5.92 Å². The number of halogens is 1. The van der Waals surface area contributed by atoms with Gasteiger partial charge in [-0.15, -0.1) is 11.6 Å². The van der Waals surface area contributed by atoms with E-state index in [0.717, 1.165) is 37.9 Å². The molecule has 1 aromatic rings. The molecule has 1 atom stereocenters. The highest BCUT2D eigenvalue weighted by atomic mass is 35.5. The Morgan fingerprint density at radius 3 is 2.72 bits per heavy atom. The first-order valence-electron chi connectivity index (χ1n) is 6.68. The zero-order valence-electron chi connectivity index (χ0n) is 10.9. The first-order chi connectivity index (χ1) is 8.74. The number of piperidine rings is 1. The minimum atomic E-state index is 0.146. The van der Waals surface area contributed by atoms with Crippen molar-refractivity contribution in [2.45, 2.75) is 26.2 Å². The van der Waals surface area contributed by atoms with E-state index in [1.165, 1.54) is 5.56 Å². The van der Waals surface area contributed by atoms with E-state index >= 15 is 0 Å². The van der Waals surface area contributed by atoms with Crippen LogP contribution in [0.25, 0.3) is 0 Å². The Morgan fingerprint density at radius 1 is 1.39 bits per heavy atom.